The van der Waals surface area contributed by atoms with Gasteiger partial charge in [0.2, 0.25) is 4.96 Å². The van der Waals surface area contributed by atoms with Crippen LogP contribution in [0, 0.1) is 6.92 Å². The zero-order valence-corrected chi connectivity index (χ0v) is 13.2. The van der Waals surface area contributed by atoms with E-state index in [9.17, 15) is 0 Å². The molecule has 20 heavy (non-hydrogen) atoms. The first-order valence-electron chi connectivity index (χ1n) is 6.39. The van der Waals surface area contributed by atoms with Crippen molar-refractivity contribution >= 4 is 28.1 Å². The standard InChI is InChI=1S/C13H15N5S2/c1-8(2)19-7-11-15-16-13-18(11)17-12(20-13)10-5-4-9(3)14-6-10/h4-6,8H,7H2,1-3H3. The van der Waals surface area contributed by atoms with E-state index in [1.165, 1.54) is 0 Å². The summed E-state index contributed by atoms with van der Waals surface area (Å²) in [6.45, 7) is 6.32. The van der Waals surface area contributed by atoms with Gasteiger partial charge in [-0.1, -0.05) is 25.2 Å². The Balaban J connectivity index is 1.92. The molecule has 0 radical (unpaired) electrons. The Hall–Kier alpha value is -1.47. The Morgan fingerprint density at radius 1 is 1.30 bits per heavy atom. The molecule has 0 fully saturated rings. The first kappa shape index (κ1) is 13.5. The van der Waals surface area contributed by atoms with Gasteiger partial charge < -0.3 is 0 Å². The van der Waals surface area contributed by atoms with Crippen LogP contribution in [0.4, 0.5) is 0 Å². The number of hydrogen-bond acceptors (Lipinski definition) is 6. The van der Waals surface area contributed by atoms with Crippen LogP contribution < -0.4 is 0 Å². The van der Waals surface area contributed by atoms with Crippen molar-refractivity contribution in [3.05, 3.63) is 29.8 Å². The average molecular weight is 305 g/mol. The molecule has 0 aromatic carbocycles. The Morgan fingerprint density at radius 2 is 2.15 bits per heavy atom. The van der Waals surface area contributed by atoms with Gasteiger partial charge in [0.25, 0.3) is 0 Å². The first-order chi connectivity index (χ1) is 9.63. The molecule has 0 aliphatic rings. The molecule has 0 aliphatic carbocycles. The lowest BCUT2D eigenvalue weighted by molar-refractivity contribution is 0.885. The van der Waals surface area contributed by atoms with Gasteiger partial charge in [-0.25, -0.2) is 0 Å². The number of fused-ring (bicyclic) bond motifs is 1. The van der Waals surface area contributed by atoms with Gasteiger partial charge in [-0.2, -0.15) is 21.4 Å². The Bertz CT molecular complexity index is 714. The van der Waals surface area contributed by atoms with Crippen LogP contribution in [0.15, 0.2) is 18.3 Å². The van der Waals surface area contributed by atoms with Crippen LogP contribution in [-0.4, -0.2) is 30.0 Å². The minimum absolute atomic E-state index is 0.571. The lowest BCUT2D eigenvalue weighted by atomic mass is 10.3. The second-order valence-corrected chi connectivity index (χ2v) is 7.29. The van der Waals surface area contributed by atoms with Crippen LogP contribution in [-0.2, 0) is 5.75 Å². The van der Waals surface area contributed by atoms with Crippen LogP contribution in [0.1, 0.15) is 25.4 Å². The van der Waals surface area contributed by atoms with E-state index in [1.807, 2.05) is 41.5 Å². The number of rotatable bonds is 4. The molecule has 0 spiro atoms. The lowest BCUT2D eigenvalue weighted by Crippen LogP contribution is -1.97. The van der Waals surface area contributed by atoms with Crippen LogP contribution in [0.3, 0.4) is 0 Å². The molecule has 0 atom stereocenters. The van der Waals surface area contributed by atoms with Crippen LogP contribution in [0.25, 0.3) is 15.5 Å². The topological polar surface area (TPSA) is 56.0 Å². The molecule has 0 unspecified atom stereocenters. The molecule has 7 heteroatoms. The van der Waals surface area contributed by atoms with Gasteiger partial charge in [0, 0.05) is 17.5 Å². The smallest absolute Gasteiger partial charge is 0.235 e. The van der Waals surface area contributed by atoms with E-state index in [0.29, 0.717) is 5.25 Å². The SMILES string of the molecule is Cc1ccc(-c2nn3c(CSC(C)C)nnc3s2)cn1. The van der Waals surface area contributed by atoms with Crippen molar-refractivity contribution in [2.24, 2.45) is 0 Å². The second-order valence-electron chi connectivity index (χ2n) is 4.77. The van der Waals surface area contributed by atoms with Gasteiger partial charge >= 0.3 is 0 Å². The van der Waals surface area contributed by atoms with Gasteiger partial charge in [-0.05, 0) is 24.3 Å². The van der Waals surface area contributed by atoms with Gasteiger partial charge in [0.1, 0.15) is 5.01 Å². The third-order valence-corrected chi connectivity index (χ3v) is 4.80. The fraction of sp³-hybridized carbons (Fsp3) is 0.385. The molecular formula is C13H15N5S2. The Morgan fingerprint density at radius 3 is 2.85 bits per heavy atom. The quantitative estimate of drug-likeness (QED) is 0.741. The molecule has 0 saturated carbocycles. The summed E-state index contributed by atoms with van der Waals surface area (Å²) in [7, 11) is 0. The summed E-state index contributed by atoms with van der Waals surface area (Å²) in [5.41, 5.74) is 2.03. The van der Waals surface area contributed by atoms with Crippen molar-refractivity contribution in [3.63, 3.8) is 0 Å². The molecular weight excluding hydrogens is 290 g/mol. The molecule has 3 heterocycles. The normalized spacial score (nSPS) is 11.6. The van der Waals surface area contributed by atoms with E-state index in [-0.39, 0.29) is 0 Å². The van der Waals surface area contributed by atoms with Crippen molar-refractivity contribution < 1.29 is 0 Å². The third-order valence-electron chi connectivity index (χ3n) is 2.76. The summed E-state index contributed by atoms with van der Waals surface area (Å²) in [6, 6.07) is 4.03. The van der Waals surface area contributed by atoms with E-state index < -0.39 is 0 Å². The van der Waals surface area contributed by atoms with E-state index >= 15 is 0 Å². The highest BCUT2D eigenvalue weighted by Crippen LogP contribution is 2.26. The molecule has 3 rings (SSSR count). The molecule has 5 nitrogen and oxygen atoms in total. The monoisotopic (exact) mass is 305 g/mol. The Labute approximate surface area is 125 Å². The predicted octanol–water partition coefficient (Wildman–Crippen LogP) is 3.20. The summed E-state index contributed by atoms with van der Waals surface area (Å²) >= 11 is 3.38. The van der Waals surface area contributed by atoms with Gasteiger partial charge in [-0.15, -0.1) is 10.2 Å². The van der Waals surface area contributed by atoms with Gasteiger partial charge in [-0.3, -0.25) is 4.98 Å². The maximum absolute atomic E-state index is 4.61. The average Bonchev–Trinajstić information content (AvgIpc) is 2.97. The number of aryl methyl sites for hydroxylation is 1. The fourth-order valence-electron chi connectivity index (χ4n) is 1.70. The minimum atomic E-state index is 0.571. The number of thioether (sulfide) groups is 1. The molecule has 3 aromatic heterocycles. The molecule has 0 bridgehead atoms. The molecule has 0 aliphatic heterocycles. The number of nitrogens with zero attached hydrogens (tertiary/aromatic N) is 5. The zero-order valence-electron chi connectivity index (χ0n) is 11.6. The number of hydrogen-bond donors (Lipinski definition) is 0. The van der Waals surface area contributed by atoms with Crippen LogP contribution in [0.2, 0.25) is 0 Å². The Kier molecular flexibility index (Phi) is 3.71. The number of aromatic nitrogens is 5. The third kappa shape index (κ3) is 2.69. The van der Waals surface area contributed by atoms with E-state index in [1.54, 1.807) is 11.3 Å². The maximum Gasteiger partial charge on any atom is 0.235 e. The van der Waals surface area contributed by atoms with Crippen molar-refractivity contribution in [1.82, 2.24) is 24.8 Å². The molecule has 0 N–H and O–H groups in total. The fourth-order valence-corrected chi connectivity index (χ4v) is 3.21. The summed E-state index contributed by atoms with van der Waals surface area (Å²) in [5, 5.41) is 14.5. The molecule has 0 saturated heterocycles. The zero-order chi connectivity index (χ0) is 14.1. The highest BCUT2D eigenvalue weighted by atomic mass is 32.2. The largest absolute Gasteiger partial charge is 0.261 e. The van der Waals surface area contributed by atoms with Gasteiger partial charge in [0.15, 0.2) is 5.82 Å². The lowest BCUT2D eigenvalue weighted by Gasteiger charge is -2.01. The molecule has 0 amide bonds. The van der Waals surface area contributed by atoms with E-state index in [2.05, 4.69) is 34.1 Å². The van der Waals surface area contributed by atoms with Crippen molar-refractivity contribution in [1.29, 1.82) is 0 Å². The summed E-state index contributed by atoms with van der Waals surface area (Å²) < 4.78 is 1.84. The van der Waals surface area contributed by atoms with Crippen LogP contribution >= 0.6 is 23.1 Å². The maximum atomic E-state index is 4.61. The van der Waals surface area contributed by atoms with E-state index in [0.717, 1.165) is 32.8 Å². The molecule has 104 valence electrons. The van der Waals surface area contributed by atoms with Crippen molar-refractivity contribution in [2.45, 2.75) is 31.8 Å². The summed E-state index contributed by atoms with van der Waals surface area (Å²) in [5.74, 6) is 1.73. The highest BCUT2D eigenvalue weighted by molar-refractivity contribution is 7.99. The predicted molar refractivity (Wildman–Crippen MR) is 83.1 cm³/mol. The number of pyridine rings is 1. The first-order valence-corrected chi connectivity index (χ1v) is 8.26. The van der Waals surface area contributed by atoms with Crippen molar-refractivity contribution in [2.75, 3.05) is 0 Å². The van der Waals surface area contributed by atoms with Crippen LogP contribution in [0.5, 0.6) is 0 Å². The summed E-state index contributed by atoms with van der Waals surface area (Å²) in [6.07, 6.45) is 1.85. The molecule has 3 aromatic rings. The summed E-state index contributed by atoms with van der Waals surface area (Å²) in [4.78, 5) is 5.14. The van der Waals surface area contributed by atoms with Gasteiger partial charge in [0.05, 0.1) is 5.75 Å². The van der Waals surface area contributed by atoms with Crippen molar-refractivity contribution in [3.8, 4) is 10.6 Å². The second kappa shape index (κ2) is 5.49. The minimum Gasteiger partial charge on any atom is -0.261 e. The van der Waals surface area contributed by atoms with E-state index in [4.69, 9.17) is 0 Å². The highest BCUT2D eigenvalue weighted by Gasteiger charge is 2.13.